The van der Waals surface area contributed by atoms with Gasteiger partial charge in [0.1, 0.15) is 6.04 Å². The molecule has 1 fully saturated rings. The van der Waals surface area contributed by atoms with Crippen LogP contribution in [0.2, 0.25) is 0 Å². The average molecular weight is 171 g/mol. The number of rotatable bonds is 4. The van der Waals surface area contributed by atoms with Crippen LogP contribution in [0.5, 0.6) is 0 Å². The van der Waals surface area contributed by atoms with Crippen LogP contribution in [0.25, 0.3) is 0 Å². The van der Waals surface area contributed by atoms with E-state index in [0.29, 0.717) is 5.92 Å². The summed E-state index contributed by atoms with van der Waals surface area (Å²) in [4.78, 5) is 10.7. The number of hydrogen-bond acceptors (Lipinski definition) is 2. The molecular formula is C9H17NO2. The Balaban J connectivity index is 2.65. The summed E-state index contributed by atoms with van der Waals surface area (Å²) in [6, 6.07) is -0.660. The van der Waals surface area contributed by atoms with E-state index >= 15 is 0 Å². The van der Waals surface area contributed by atoms with E-state index in [9.17, 15) is 4.79 Å². The summed E-state index contributed by atoms with van der Waals surface area (Å²) >= 11 is 0. The summed E-state index contributed by atoms with van der Waals surface area (Å²) in [7, 11) is 0. The molecule has 1 aliphatic rings. The van der Waals surface area contributed by atoms with Gasteiger partial charge in [-0.1, -0.05) is 20.3 Å². The van der Waals surface area contributed by atoms with Crippen molar-refractivity contribution in [3.63, 3.8) is 0 Å². The minimum absolute atomic E-state index is 0.0828. The maximum absolute atomic E-state index is 10.7. The molecular weight excluding hydrogens is 154 g/mol. The third-order valence-electron chi connectivity index (χ3n) is 3.31. The minimum atomic E-state index is -0.854. The SMILES string of the molecule is CCC(C)C1(C(N)C(=O)O)CC1. The Morgan fingerprint density at radius 3 is 2.42 bits per heavy atom. The zero-order valence-electron chi connectivity index (χ0n) is 7.71. The third kappa shape index (κ3) is 1.33. The highest BCUT2D eigenvalue weighted by Crippen LogP contribution is 2.55. The van der Waals surface area contributed by atoms with Gasteiger partial charge in [0, 0.05) is 0 Å². The van der Waals surface area contributed by atoms with E-state index < -0.39 is 12.0 Å². The summed E-state index contributed by atoms with van der Waals surface area (Å²) < 4.78 is 0. The van der Waals surface area contributed by atoms with Crippen molar-refractivity contribution in [1.29, 1.82) is 0 Å². The van der Waals surface area contributed by atoms with Crippen molar-refractivity contribution < 1.29 is 9.90 Å². The van der Waals surface area contributed by atoms with Gasteiger partial charge in [-0.15, -0.1) is 0 Å². The van der Waals surface area contributed by atoms with E-state index in [4.69, 9.17) is 10.8 Å². The lowest BCUT2D eigenvalue weighted by molar-refractivity contribution is -0.140. The molecule has 1 aliphatic carbocycles. The lowest BCUT2D eigenvalue weighted by Crippen LogP contribution is -2.42. The summed E-state index contributed by atoms with van der Waals surface area (Å²) in [6.07, 6.45) is 2.98. The molecule has 70 valence electrons. The van der Waals surface area contributed by atoms with Crippen LogP contribution in [0.3, 0.4) is 0 Å². The molecule has 0 bridgehead atoms. The molecule has 0 spiro atoms. The first-order chi connectivity index (χ1) is 5.54. The molecule has 0 heterocycles. The van der Waals surface area contributed by atoms with E-state index in [1.54, 1.807) is 0 Å². The number of carboxylic acid groups (broad SMARTS) is 1. The molecule has 1 rings (SSSR count). The van der Waals surface area contributed by atoms with Crippen LogP contribution >= 0.6 is 0 Å². The molecule has 3 heteroatoms. The average Bonchev–Trinajstić information content (AvgIpc) is 2.82. The molecule has 3 N–H and O–H groups in total. The predicted molar refractivity (Wildman–Crippen MR) is 46.7 cm³/mol. The standard InChI is InChI=1S/C9H17NO2/c1-3-6(2)9(4-5-9)7(10)8(11)12/h6-7H,3-5,10H2,1-2H3,(H,11,12). The number of carboxylic acids is 1. The van der Waals surface area contributed by atoms with E-state index in [0.717, 1.165) is 19.3 Å². The fraction of sp³-hybridized carbons (Fsp3) is 0.889. The second kappa shape index (κ2) is 3.05. The molecule has 0 aromatic heterocycles. The van der Waals surface area contributed by atoms with E-state index in [2.05, 4.69) is 13.8 Å². The molecule has 1 saturated carbocycles. The van der Waals surface area contributed by atoms with Gasteiger partial charge >= 0.3 is 5.97 Å². The van der Waals surface area contributed by atoms with Crippen molar-refractivity contribution >= 4 is 5.97 Å². The van der Waals surface area contributed by atoms with Crippen LogP contribution < -0.4 is 5.73 Å². The number of hydrogen-bond donors (Lipinski definition) is 2. The largest absolute Gasteiger partial charge is 0.480 e. The van der Waals surface area contributed by atoms with Gasteiger partial charge in [-0.3, -0.25) is 4.79 Å². The molecule has 0 radical (unpaired) electrons. The van der Waals surface area contributed by atoms with Crippen molar-refractivity contribution in [2.45, 2.75) is 39.2 Å². The second-order valence-electron chi connectivity index (χ2n) is 3.86. The van der Waals surface area contributed by atoms with Gasteiger partial charge in [-0.05, 0) is 24.2 Å². The van der Waals surface area contributed by atoms with E-state index in [-0.39, 0.29) is 5.41 Å². The first kappa shape index (κ1) is 9.52. The summed E-state index contributed by atoms with van der Waals surface area (Å²) in [6.45, 7) is 4.18. The van der Waals surface area contributed by atoms with E-state index in [1.807, 2.05) is 0 Å². The molecule has 2 atom stereocenters. The Bertz CT molecular complexity index is 187. The van der Waals surface area contributed by atoms with Gasteiger partial charge in [0.25, 0.3) is 0 Å². The minimum Gasteiger partial charge on any atom is -0.480 e. The van der Waals surface area contributed by atoms with Gasteiger partial charge in [-0.25, -0.2) is 0 Å². The predicted octanol–water partition coefficient (Wildman–Crippen LogP) is 1.22. The van der Waals surface area contributed by atoms with Crippen molar-refractivity contribution in [3.05, 3.63) is 0 Å². The first-order valence-electron chi connectivity index (χ1n) is 4.53. The molecule has 0 aliphatic heterocycles. The van der Waals surface area contributed by atoms with Gasteiger partial charge in [0.15, 0.2) is 0 Å². The van der Waals surface area contributed by atoms with Crippen molar-refractivity contribution in [2.24, 2.45) is 17.1 Å². The Hall–Kier alpha value is -0.570. The van der Waals surface area contributed by atoms with Crippen LogP contribution in [0.15, 0.2) is 0 Å². The maximum Gasteiger partial charge on any atom is 0.321 e. The lowest BCUT2D eigenvalue weighted by Gasteiger charge is -2.25. The quantitative estimate of drug-likeness (QED) is 0.668. The van der Waals surface area contributed by atoms with Crippen molar-refractivity contribution in [1.82, 2.24) is 0 Å². The van der Waals surface area contributed by atoms with Gasteiger partial charge in [0.05, 0.1) is 0 Å². The summed E-state index contributed by atoms with van der Waals surface area (Å²) in [5.41, 5.74) is 5.55. The summed E-state index contributed by atoms with van der Waals surface area (Å²) in [5, 5.41) is 8.78. The van der Waals surface area contributed by atoms with Crippen LogP contribution in [-0.4, -0.2) is 17.1 Å². The molecule has 0 amide bonds. The van der Waals surface area contributed by atoms with Crippen molar-refractivity contribution in [2.75, 3.05) is 0 Å². The van der Waals surface area contributed by atoms with Gasteiger partial charge < -0.3 is 10.8 Å². The van der Waals surface area contributed by atoms with Gasteiger partial charge in [-0.2, -0.15) is 0 Å². The molecule has 0 aromatic rings. The highest BCUT2D eigenvalue weighted by atomic mass is 16.4. The lowest BCUT2D eigenvalue weighted by atomic mass is 9.82. The molecule has 3 nitrogen and oxygen atoms in total. The molecule has 0 aromatic carbocycles. The number of nitrogens with two attached hydrogens (primary N) is 1. The molecule has 0 saturated heterocycles. The summed E-state index contributed by atoms with van der Waals surface area (Å²) in [5.74, 6) is -0.420. The fourth-order valence-electron chi connectivity index (χ4n) is 1.91. The number of carbonyl (C=O) groups is 1. The second-order valence-corrected chi connectivity index (χ2v) is 3.86. The van der Waals surface area contributed by atoms with Gasteiger partial charge in [0.2, 0.25) is 0 Å². The first-order valence-corrected chi connectivity index (χ1v) is 4.53. The fourth-order valence-corrected chi connectivity index (χ4v) is 1.91. The Kier molecular flexibility index (Phi) is 2.42. The Morgan fingerprint density at radius 1 is 1.67 bits per heavy atom. The third-order valence-corrected chi connectivity index (χ3v) is 3.31. The maximum atomic E-state index is 10.7. The zero-order chi connectivity index (χ0) is 9.35. The number of aliphatic carboxylic acids is 1. The molecule has 12 heavy (non-hydrogen) atoms. The highest BCUT2D eigenvalue weighted by molar-refractivity contribution is 5.75. The monoisotopic (exact) mass is 171 g/mol. The Morgan fingerprint density at radius 2 is 2.17 bits per heavy atom. The van der Waals surface area contributed by atoms with Crippen molar-refractivity contribution in [3.8, 4) is 0 Å². The van der Waals surface area contributed by atoms with Crippen LogP contribution in [0.1, 0.15) is 33.1 Å². The van der Waals surface area contributed by atoms with E-state index in [1.165, 1.54) is 0 Å². The normalized spacial score (nSPS) is 24.6. The zero-order valence-corrected chi connectivity index (χ0v) is 7.71. The smallest absolute Gasteiger partial charge is 0.321 e. The molecule has 2 unspecified atom stereocenters. The topological polar surface area (TPSA) is 63.3 Å². The Labute approximate surface area is 72.9 Å². The van der Waals surface area contributed by atoms with Crippen LogP contribution in [0.4, 0.5) is 0 Å². The highest BCUT2D eigenvalue weighted by Gasteiger charge is 2.53. The van der Waals surface area contributed by atoms with Crippen LogP contribution in [-0.2, 0) is 4.79 Å². The van der Waals surface area contributed by atoms with Crippen LogP contribution in [0, 0.1) is 11.3 Å².